The molecule has 2 fully saturated rings. The van der Waals surface area contributed by atoms with E-state index in [0.717, 1.165) is 31.0 Å². The molecule has 3 aliphatic rings. The maximum Gasteiger partial charge on any atom is 0.410 e. The minimum Gasteiger partial charge on any atom is -0.444 e. The first-order valence-corrected chi connectivity index (χ1v) is 11.2. The molecule has 4 rings (SSSR count). The van der Waals surface area contributed by atoms with Gasteiger partial charge in [0.1, 0.15) is 5.60 Å². The number of nitrogens with zero attached hydrogens (tertiary/aromatic N) is 4. The van der Waals surface area contributed by atoms with Crippen molar-refractivity contribution < 1.29 is 14.3 Å². The maximum absolute atomic E-state index is 12.4. The summed E-state index contributed by atoms with van der Waals surface area (Å²) in [7, 11) is 0. The number of ether oxygens (including phenoxy) is 1. The van der Waals surface area contributed by atoms with Gasteiger partial charge in [0.05, 0.1) is 12.6 Å². The molecular formula is C23H33N5O3. The quantitative estimate of drug-likeness (QED) is 0.797. The van der Waals surface area contributed by atoms with Crippen LogP contribution in [0.3, 0.4) is 0 Å². The normalized spacial score (nSPS) is 21.3. The SMILES string of the molecule is CC(C)(C)OC(=O)N1CCN2C(NCc3cccc(CN4CCCC4=O)c3)=NCC2C1. The number of rotatable bonds is 4. The smallest absolute Gasteiger partial charge is 0.410 e. The monoisotopic (exact) mass is 427 g/mol. The Hall–Kier alpha value is -2.77. The second kappa shape index (κ2) is 8.77. The topological polar surface area (TPSA) is 77.5 Å². The van der Waals surface area contributed by atoms with Gasteiger partial charge in [0.15, 0.2) is 5.96 Å². The third-order valence-electron chi connectivity index (χ3n) is 5.85. The van der Waals surface area contributed by atoms with Crippen LogP contribution in [0.5, 0.6) is 0 Å². The fourth-order valence-electron chi connectivity index (χ4n) is 4.33. The minimum atomic E-state index is -0.482. The number of likely N-dealkylation sites (tertiary alicyclic amines) is 1. The average Bonchev–Trinajstić information content (AvgIpc) is 3.31. The highest BCUT2D eigenvalue weighted by Gasteiger charge is 2.36. The number of piperazine rings is 1. The Morgan fingerprint density at radius 3 is 2.77 bits per heavy atom. The summed E-state index contributed by atoms with van der Waals surface area (Å²) in [4.78, 5) is 34.9. The highest BCUT2D eigenvalue weighted by molar-refractivity contribution is 5.82. The Bertz CT molecular complexity index is 863. The number of aliphatic imine (C=N–C) groups is 1. The summed E-state index contributed by atoms with van der Waals surface area (Å²) in [5, 5.41) is 3.47. The first kappa shape index (κ1) is 21.5. The van der Waals surface area contributed by atoms with Crippen LogP contribution in [-0.4, -0.2) is 77.0 Å². The van der Waals surface area contributed by atoms with Crippen LogP contribution in [0.25, 0.3) is 0 Å². The average molecular weight is 428 g/mol. The fraction of sp³-hybridized carbons (Fsp3) is 0.609. The van der Waals surface area contributed by atoms with E-state index >= 15 is 0 Å². The van der Waals surface area contributed by atoms with E-state index < -0.39 is 5.60 Å². The maximum atomic E-state index is 12.4. The van der Waals surface area contributed by atoms with Gasteiger partial charge in [-0.15, -0.1) is 0 Å². The number of guanidine groups is 1. The zero-order valence-corrected chi connectivity index (χ0v) is 18.8. The van der Waals surface area contributed by atoms with Crippen molar-refractivity contribution in [1.82, 2.24) is 20.0 Å². The van der Waals surface area contributed by atoms with Crippen molar-refractivity contribution >= 4 is 18.0 Å². The molecule has 1 atom stereocenters. The fourth-order valence-corrected chi connectivity index (χ4v) is 4.33. The molecule has 168 valence electrons. The molecule has 3 aliphatic heterocycles. The van der Waals surface area contributed by atoms with Crippen molar-refractivity contribution in [3.63, 3.8) is 0 Å². The molecule has 0 spiro atoms. The Balaban J connectivity index is 1.28. The van der Waals surface area contributed by atoms with Crippen molar-refractivity contribution in [2.45, 2.75) is 58.3 Å². The summed E-state index contributed by atoms with van der Waals surface area (Å²) in [6.07, 6.45) is 1.38. The van der Waals surface area contributed by atoms with Gasteiger partial charge in [0, 0.05) is 45.7 Å². The Morgan fingerprint density at radius 1 is 1.23 bits per heavy atom. The molecule has 0 radical (unpaired) electrons. The number of amides is 2. The van der Waals surface area contributed by atoms with E-state index in [9.17, 15) is 9.59 Å². The van der Waals surface area contributed by atoms with Crippen LogP contribution in [0.15, 0.2) is 29.3 Å². The molecule has 2 saturated heterocycles. The van der Waals surface area contributed by atoms with Crippen LogP contribution >= 0.6 is 0 Å². The van der Waals surface area contributed by atoms with E-state index in [2.05, 4.69) is 33.4 Å². The van der Waals surface area contributed by atoms with Gasteiger partial charge in [-0.1, -0.05) is 24.3 Å². The molecule has 0 bridgehead atoms. The second-order valence-corrected chi connectivity index (χ2v) is 9.53. The standard InChI is InChI=1S/C23H33N5O3/c1-23(2,3)31-22(30)27-10-11-28-19(16-27)14-25-21(28)24-13-17-6-4-7-18(12-17)15-26-9-5-8-20(26)29/h4,6-7,12,19H,5,8-11,13-16H2,1-3H3,(H,24,25). The summed E-state index contributed by atoms with van der Waals surface area (Å²) >= 11 is 0. The zero-order chi connectivity index (χ0) is 22.0. The molecule has 1 aromatic rings. The van der Waals surface area contributed by atoms with E-state index in [0.29, 0.717) is 39.1 Å². The second-order valence-electron chi connectivity index (χ2n) is 9.53. The van der Waals surface area contributed by atoms with Gasteiger partial charge in [0.25, 0.3) is 0 Å². The molecule has 1 aromatic carbocycles. The summed E-state index contributed by atoms with van der Waals surface area (Å²) in [5.41, 5.74) is 1.85. The molecule has 8 nitrogen and oxygen atoms in total. The lowest BCUT2D eigenvalue weighted by Crippen LogP contribution is -2.57. The van der Waals surface area contributed by atoms with E-state index in [1.165, 1.54) is 5.56 Å². The van der Waals surface area contributed by atoms with Gasteiger partial charge in [-0.2, -0.15) is 0 Å². The van der Waals surface area contributed by atoms with Gasteiger partial charge in [0.2, 0.25) is 5.91 Å². The molecule has 0 saturated carbocycles. The van der Waals surface area contributed by atoms with E-state index in [1.54, 1.807) is 4.90 Å². The van der Waals surface area contributed by atoms with Crippen LogP contribution in [0.1, 0.15) is 44.7 Å². The van der Waals surface area contributed by atoms with Crippen molar-refractivity contribution in [3.05, 3.63) is 35.4 Å². The van der Waals surface area contributed by atoms with E-state index in [1.807, 2.05) is 31.7 Å². The van der Waals surface area contributed by atoms with Crippen molar-refractivity contribution in [1.29, 1.82) is 0 Å². The molecule has 1 N–H and O–H groups in total. The third kappa shape index (κ3) is 5.29. The molecular weight excluding hydrogens is 394 g/mol. The molecule has 2 amide bonds. The Morgan fingerprint density at radius 2 is 2.03 bits per heavy atom. The predicted molar refractivity (Wildman–Crippen MR) is 119 cm³/mol. The minimum absolute atomic E-state index is 0.191. The first-order chi connectivity index (χ1) is 14.8. The largest absolute Gasteiger partial charge is 0.444 e. The van der Waals surface area contributed by atoms with Gasteiger partial charge in [-0.25, -0.2) is 4.79 Å². The summed E-state index contributed by atoms with van der Waals surface area (Å²) in [6, 6.07) is 8.57. The van der Waals surface area contributed by atoms with E-state index in [-0.39, 0.29) is 18.0 Å². The van der Waals surface area contributed by atoms with Crippen LogP contribution < -0.4 is 5.32 Å². The Labute approximate surface area is 184 Å². The van der Waals surface area contributed by atoms with Crippen LogP contribution in [-0.2, 0) is 22.6 Å². The number of carbonyl (C=O) groups is 2. The van der Waals surface area contributed by atoms with Crippen LogP contribution in [0.2, 0.25) is 0 Å². The van der Waals surface area contributed by atoms with Gasteiger partial charge in [-0.05, 0) is 38.3 Å². The summed E-state index contributed by atoms with van der Waals surface area (Å²) in [5.74, 6) is 1.15. The highest BCUT2D eigenvalue weighted by atomic mass is 16.6. The number of benzene rings is 1. The molecule has 31 heavy (non-hydrogen) atoms. The lowest BCUT2D eigenvalue weighted by molar-refractivity contribution is -0.128. The molecule has 1 unspecified atom stereocenters. The lowest BCUT2D eigenvalue weighted by Gasteiger charge is -2.39. The predicted octanol–water partition coefficient (Wildman–Crippen LogP) is 2.19. The molecule has 3 heterocycles. The highest BCUT2D eigenvalue weighted by Crippen LogP contribution is 2.19. The Kier molecular flexibility index (Phi) is 6.07. The van der Waals surface area contributed by atoms with Crippen molar-refractivity contribution in [3.8, 4) is 0 Å². The molecule has 8 heteroatoms. The van der Waals surface area contributed by atoms with Crippen LogP contribution in [0.4, 0.5) is 4.79 Å². The van der Waals surface area contributed by atoms with Crippen molar-refractivity contribution in [2.75, 3.05) is 32.7 Å². The number of hydrogen-bond acceptors (Lipinski definition) is 6. The summed E-state index contributed by atoms with van der Waals surface area (Å²) < 4.78 is 5.51. The zero-order valence-electron chi connectivity index (χ0n) is 18.8. The number of hydrogen-bond donors (Lipinski definition) is 1. The number of nitrogens with one attached hydrogen (secondary N) is 1. The lowest BCUT2D eigenvalue weighted by atomic mass is 10.1. The number of carbonyl (C=O) groups excluding carboxylic acids is 2. The first-order valence-electron chi connectivity index (χ1n) is 11.2. The molecule has 0 aliphatic carbocycles. The van der Waals surface area contributed by atoms with Crippen LogP contribution in [0, 0.1) is 0 Å². The van der Waals surface area contributed by atoms with E-state index in [4.69, 9.17) is 4.74 Å². The van der Waals surface area contributed by atoms with Gasteiger partial charge < -0.3 is 24.8 Å². The molecule has 0 aromatic heterocycles. The van der Waals surface area contributed by atoms with Crippen molar-refractivity contribution in [2.24, 2.45) is 4.99 Å². The van der Waals surface area contributed by atoms with Gasteiger partial charge >= 0.3 is 6.09 Å². The number of fused-ring (bicyclic) bond motifs is 1. The summed E-state index contributed by atoms with van der Waals surface area (Å²) in [6.45, 7) is 10.6. The van der Waals surface area contributed by atoms with Gasteiger partial charge in [-0.3, -0.25) is 9.79 Å². The third-order valence-corrected chi connectivity index (χ3v) is 5.85.